The minimum absolute atomic E-state index is 0.598. The molecule has 2 aromatic heterocycles. The monoisotopic (exact) mass is 253 g/mol. The van der Waals surface area contributed by atoms with Gasteiger partial charge in [-0.1, -0.05) is 11.6 Å². The fourth-order valence-electron chi connectivity index (χ4n) is 2.01. The van der Waals surface area contributed by atoms with Gasteiger partial charge < -0.3 is 4.98 Å². The molecule has 1 N–H and O–H groups in total. The van der Waals surface area contributed by atoms with Gasteiger partial charge in [0.2, 0.25) is 0 Å². The maximum Gasteiger partial charge on any atom is 0.102 e. The van der Waals surface area contributed by atoms with Gasteiger partial charge in [-0.25, -0.2) is 0 Å². The van der Waals surface area contributed by atoms with E-state index in [9.17, 15) is 5.26 Å². The molecule has 3 rings (SSSR count). The number of rotatable bonds is 1. The number of nitrogens with one attached hydrogen (secondary N) is 1. The van der Waals surface area contributed by atoms with Gasteiger partial charge in [0.05, 0.1) is 11.3 Å². The summed E-state index contributed by atoms with van der Waals surface area (Å²) in [4.78, 5) is 7.31. The second-order valence-electron chi connectivity index (χ2n) is 3.92. The van der Waals surface area contributed by atoms with Crippen molar-refractivity contribution in [3.8, 4) is 17.3 Å². The van der Waals surface area contributed by atoms with Crippen molar-refractivity contribution in [3.05, 3.63) is 53.3 Å². The average molecular weight is 254 g/mol. The van der Waals surface area contributed by atoms with Crippen LogP contribution >= 0.6 is 11.6 Å². The highest BCUT2D eigenvalue weighted by molar-refractivity contribution is 6.31. The van der Waals surface area contributed by atoms with E-state index in [0.29, 0.717) is 10.6 Å². The molecule has 0 fully saturated rings. The lowest BCUT2D eigenvalue weighted by Gasteiger charge is -1.96. The zero-order chi connectivity index (χ0) is 12.5. The van der Waals surface area contributed by atoms with E-state index in [4.69, 9.17) is 11.6 Å². The SMILES string of the molecule is N#Cc1c(-c2cccnc2)[nH]c2ccc(Cl)cc12. The number of aromatic nitrogens is 2. The molecule has 4 heteroatoms. The summed E-state index contributed by atoms with van der Waals surface area (Å²) in [6.45, 7) is 0. The first-order valence-corrected chi connectivity index (χ1v) is 5.79. The predicted octanol–water partition coefficient (Wildman–Crippen LogP) is 3.75. The van der Waals surface area contributed by atoms with Crippen LogP contribution in [-0.4, -0.2) is 9.97 Å². The molecule has 18 heavy (non-hydrogen) atoms. The molecule has 0 aliphatic carbocycles. The molecular weight excluding hydrogens is 246 g/mol. The summed E-state index contributed by atoms with van der Waals surface area (Å²) in [5.74, 6) is 0. The van der Waals surface area contributed by atoms with Gasteiger partial charge in [0.25, 0.3) is 0 Å². The molecule has 2 heterocycles. The highest BCUT2D eigenvalue weighted by Gasteiger charge is 2.12. The summed E-state index contributed by atoms with van der Waals surface area (Å²) in [5, 5.41) is 10.8. The number of H-pyrrole nitrogens is 1. The van der Waals surface area contributed by atoms with Crippen LogP contribution in [0.5, 0.6) is 0 Å². The van der Waals surface area contributed by atoms with Crippen molar-refractivity contribution in [2.45, 2.75) is 0 Å². The summed E-state index contributed by atoms with van der Waals surface area (Å²) in [6.07, 6.45) is 3.43. The molecule has 86 valence electrons. The first-order valence-electron chi connectivity index (χ1n) is 5.41. The summed E-state index contributed by atoms with van der Waals surface area (Å²) >= 11 is 5.97. The summed E-state index contributed by atoms with van der Waals surface area (Å²) in [7, 11) is 0. The number of hydrogen-bond acceptors (Lipinski definition) is 2. The standard InChI is InChI=1S/C14H8ClN3/c15-10-3-4-13-11(6-10)12(7-16)14(18-13)9-2-1-5-17-8-9/h1-6,8,18H. The van der Waals surface area contributed by atoms with Crippen LogP contribution in [0.25, 0.3) is 22.2 Å². The average Bonchev–Trinajstić information content (AvgIpc) is 2.77. The Morgan fingerprint density at radius 2 is 2.17 bits per heavy atom. The van der Waals surface area contributed by atoms with Crippen LogP contribution in [0.15, 0.2) is 42.7 Å². The number of aromatic amines is 1. The Morgan fingerprint density at radius 3 is 2.89 bits per heavy atom. The van der Waals surface area contributed by atoms with E-state index in [1.165, 1.54) is 0 Å². The van der Waals surface area contributed by atoms with Crippen LogP contribution in [-0.2, 0) is 0 Å². The number of nitrogens with zero attached hydrogens (tertiary/aromatic N) is 2. The number of halogens is 1. The smallest absolute Gasteiger partial charge is 0.102 e. The fourth-order valence-corrected chi connectivity index (χ4v) is 2.18. The van der Waals surface area contributed by atoms with Crippen molar-refractivity contribution in [1.82, 2.24) is 9.97 Å². The van der Waals surface area contributed by atoms with Crippen molar-refractivity contribution in [3.63, 3.8) is 0 Å². The van der Waals surface area contributed by atoms with Gasteiger partial charge in [-0.2, -0.15) is 5.26 Å². The second-order valence-corrected chi connectivity index (χ2v) is 4.35. The quantitative estimate of drug-likeness (QED) is 0.718. The Bertz CT molecular complexity index is 754. The lowest BCUT2D eigenvalue weighted by atomic mass is 10.1. The van der Waals surface area contributed by atoms with E-state index >= 15 is 0 Å². The van der Waals surface area contributed by atoms with E-state index in [1.807, 2.05) is 18.2 Å². The Kier molecular flexibility index (Phi) is 2.51. The molecule has 3 aromatic rings. The first kappa shape index (κ1) is 10.8. The molecular formula is C14H8ClN3. The van der Waals surface area contributed by atoms with Crippen molar-refractivity contribution in [2.75, 3.05) is 0 Å². The molecule has 0 atom stereocenters. The van der Waals surface area contributed by atoms with Crippen LogP contribution in [0.4, 0.5) is 0 Å². The topological polar surface area (TPSA) is 52.5 Å². The Morgan fingerprint density at radius 1 is 1.28 bits per heavy atom. The summed E-state index contributed by atoms with van der Waals surface area (Å²) in [5.41, 5.74) is 3.17. The number of fused-ring (bicyclic) bond motifs is 1. The third-order valence-electron chi connectivity index (χ3n) is 2.82. The van der Waals surface area contributed by atoms with Gasteiger partial charge >= 0.3 is 0 Å². The molecule has 0 saturated carbocycles. The molecule has 0 amide bonds. The van der Waals surface area contributed by atoms with Gasteiger partial charge in [-0.3, -0.25) is 4.98 Å². The zero-order valence-corrected chi connectivity index (χ0v) is 10.1. The van der Waals surface area contributed by atoms with Crippen molar-refractivity contribution >= 4 is 22.5 Å². The number of benzene rings is 1. The van der Waals surface area contributed by atoms with Gasteiger partial charge in [0.15, 0.2) is 0 Å². The Hall–Kier alpha value is -2.31. The van der Waals surface area contributed by atoms with E-state index < -0.39 is 0 Å². The summed E-state index contributed by atoms with van der Waals surface area (Å²) in [6, 6.07) is 11.5. The minimum atomic E-state index is 0.598. The van der Waals surface area contributed by atoms with Crippen molar-refractivity contribution in [2.24, 2.45) is 0 Å². The molecule has 0 spiro atoms. The molecule has 0 aliphatic heterocycles. The maximum atomic E-state index is 9.32. The highest BCUT2D eigenvalue weighted by atomic mass is 35.5. The fraction of sp³-hybridized carbons (Fsp3) is 0. The molecule has 0 unspecified atom stereocenters. The van der Waals surface area contributed by atoms with Crippen LogP contribution in [0, 0.1) is 11.3 Å². The largest absolute Gasteiger partial charge is 0.353 e. The maximum absolute atomic E-state index is 9.32. The van der Waals surface area contributed by atoms with Crippen molar-refractivity contribution < 1.29 is 0 Å². The van der Waals surface area contributed by atoms with Crippen LogP contribution in [0.3, 0.4) is 0 Å². The minimum Gasteiger partial charge on any atom is -0.353 e. The van der Waals surface area contributed by atoms with E-state index in [-0.39, 0.29) is 0 Å². The molecule has 0 saturated heterocycles. The van der Waals surface area contributed by atoms with E-state index in [2.05, 4.69) is 16.0 Å². The summed E-state index contributed by atoms with van der Waals surface area (Å²) < 4.78 is 0. The number of hydrogen-bond donors (Lipinski definition) is 1. The van der Waals surface area contributed by atoms with Gasteiger partial charge in [-0.15, -0.1) is 0 Å². The van der Waals surface area contributed by atoms with E-state index in [1.54, 1.807) is 24.5 Å². The Balaban J connectivity index is 2.34. The molecule has 0 radical (unpaired) electrons. The number of nitriles is 1. The molecule has 1 aromatic carbocycles. The highest BCUT2D eigenvalue weighted by Crippen LogP contribution is 2.30. The van der Waals surface area contributed by atoms with Gasteiger partial charge in [-0.05, 0) is 30.3 Å². The van der Waals surface area contributed by atoms with Gasteiger partial charge in [0.1, 0.15) is 6.07 Å². The van der Waals surface area contributed by atoms with Crippen LogP contribution in [0.1, 0.15) is 5.56 Å². The molecule has 3 nitrogen and oxygen atoms in total. The van der Waals surface area contributed by atoms with Crippen molar-refractivity contribution in [1.29, 1.82) is 5.26 Å². The van der Waals surface area contributed by atoms with Crippen LogP contribution in [0.2, 0.25) is 5.02 Å². The van der Waals surface area contributed by atoms with E-state index in [0.717, 1.165) is 22.2 Å². The second kappa shape index (κ2) is 4.17. The zero-order valence-electron chi connectivity index (χ0n) is 9.31. The molecule has 0 bridgehead atoms. The first-order chi connectivity index (χ1) is 8.79. The third-order valence-corrected chi connectivity index (χ3v) is 3.06. The van der Waals surface area contributed by atoms with Gasteiger partial charge in [0, 0.05) is 33.9 Å². The lowest BCUT2D eigenvalue weighted by Crippen LogP contribution is -1.82. The normalized spacial score (nSPS) is 10.4. The van der Waals surface area contributed by atoms with Crippen LogP contribution < -0.4 is 0 Å². The Labute approximate surface area is 109 Å². The molecule has 0 aliphatic rings. The predicted molar refractivity (Wildman–Crippen MR) is 71.3 cm³/mol. The number of pyridine rings is 1. The lowest BCUT2D eigenvalue weighted by molar-refractivity contribution is 1.31. The third kappa shape index (κ3) is 1.64.